The summed E-state index contributed by atoms with van der Waals surface area (Å²) in [6.45, 7) is 4.61. The Morgan fingerprint density at radius 2 is 1.79 bits per heavy atom. The Balaban J connectivity index is 1.24. The number of anilines is 1. The number of ether oxygens (including phenoxy) is 2. The highest BCUT2D eigenvalue weighted by molar-refractivity contribution is 6.30. The summed E-state index contributed by atoms with van der Waals surface area (Å²) < 4.78 is 24.6. The second-order valence-corrected chi connectivity index (χ2v) is 7.35. The zero-order valence-electron chi connectivity index (χ0n) is 15.3. The number of hydrogen-bond acceptors (Lipinski definition) is 5. The number of nitrogens with zero attached hydrogens (tertiary/aromatic N) is 2. The van der Waals surface area contributed by atoms with Gasteiger partial charge in [0.1, 0.15) is 5.82 Å². The average molecular weight is 406 g/mol. The Labute approximate surface area is 167 Å². The molecule has 0 unspecified atom stereocenters. The van der Waals surface area contributed by atoms with E-state index in [0.29, 0.717) is 5.02 Å². The molecule has 0 spiro atoms. The highest BCUT2D eigenvalue weighted by Crippen LogP contribution is 2.32. The van der Waals surface area contributed by atoms with E-state index in [1.807, 2.05) is 18.2 Å². The maximum atomic E-state index is 13.8. The van der Waals surface area contributed by atoms with Crippen LogP contribution in [0.2, 0.25) is 5.02 Å². The molecule has 0 aromatic heterocycles. The SMILES string of the molecule is O=C(CN1CCN(Cc2ccc3c(c2)OCO3)CC1)Nc1ccc(Cl)cc1F. The first kappa shape index (κ1) is 19.0. The Kier molecular flexibility index (Phi) is 5.66. The summed E-state index contributed by atoms with van der Waals surface area (Å²) in [5, 5.41) is 2.91. The first-order valence-electron chi connectivity index (χ1n) is 9.15. The van der Waals surface area contributed by atoms with Crippen LogP contribution in [0.4, 0.5) is 10.1 Å². The quantitative estimate of drug-likeness (QED) is 0.828. The lowest BCUT2D eigenvalue weighted by Gasteiger charge is -2.34. The van der Waals surface area contributed by atoms with Gasteiger partial charge in [0.25, 0.3) is 0 Å². The largest absolute Gasteiger partial charge is 0.454 e. The van der Waals surface area contributed by atoms with Crippen LogP contribution in [0.15, 0.2) is 36.4 Å². The van der Waals surface area contributed by atoms with Gasteiger partial charge in [-0.2, -0.15) is 0 Å². The van der Waals surface area contributed by atoms with Crippen molar-refractivity contribution in [2.45, 2.75) is 6.54 Å². The number of amides is 1. The minimum Gasteiger partial charge on any atom is -0.454 e. The molecule has 6 nitrogen and oxygen atoms in total. The number of carbonyl (C=O) groups is 1. The van der Waals surface area contributed by atoms with Gasteiger partial charge in [-0.25, -0.2) is 4.39 Å². The molecule has 1 saturated heterocycles. The Hall–Kier alpha value is -2.35. The predicted molar refractivity (Wildman–Crippen MR) is 104 cm³/mol. The molecular weight excluding hydrogens is 385 g/mol. The summed E-state index contributed by atoms with van der Waals surface area (Å²) in [5.41, 5.74) is 1.32. The summed E-state index contributed by atoms with van der Waals surface area (Å²) in [5.74, 6) is 0.818. The molecule has 0 radical (unpaired) electrons. The number of carbonyl (C=O) groups excluding carboxylic acids is 1. The van der Waals surface area contributed by atoms with Gasteiger partial charge < -0.3 is 14.8 Å². The lowest BCUT2D eigenvalue weighted by molar-refractivity contribution is -0.117. The Bertz CT molecular complexity index is 872. The van der Waals surface area contributed by atoms with E-state index in [1.165, 1.54) is 17.7 Å². The first-order chi connectivity index (χ1) is 13.6. The lowest BCUT2D eigenvalue weighted by atomic mass is 10.1. The fourth-order valence-electron chi connectivity index (χ4n) is 3.39. The number of nitrogens with one attached hydrogen (secondary N) is 1. The number of benzene rings is 2. The van der Waals surface area contributed by atoms with Gasteiger partial charge in [0.15, 0.2) is 11.5 Å². The van der Waals surface area contributed by atoms with Crippen molar-refractivity contribution in [3.8, 4) is 11.5 Å². The number of piperazine rings is 1. The fourth-order valence-corrected chi connectivity index (χ4v) is 3.55. The van der Waals surface area contributed by atoms with Gasteiger partial charge in [0, 0.05) is 37.7 Å². The van der Waals surface area contributed by atoms with Gasteiger partial charge in [-0.3, -0.25) is 14.6 Å². The highest BCUT2D eigenvalue weighted by Gasteiger charge is 2.21. The van der Waals surface area contributed by atoms with Crippen LogP contribution >= 0.6 is 11.6 Å². The molecule has 2 aromatic carbocycles. The van der Waals surface area contributed by atoms with Crippen LogP contribution in [0.1, 0.15) is 5.56 Å². The third kappa shape index (κ3) is 4.55. The smallest absolute Gasteiger partial charge is 0.238 e. The van der Waals surface area contributed by atoms with Gasteiger partial charge in [-0.05, 0) is 35.9 Å². The normalized spacial score (nSPS) is 16.9. The van der Waals surface area contributed by atoms with Crippen LogP contribution in [0.5, 0.6) is 11.5 Å². The molecule has 1 N–H and O–H groups in total. The first-order valence-corrected chi connectivity index (χ1v) is 9.53. The topological polar surface area (TPSA) is 54.0 Å². The third-order valence-electron chi connectivity index (χ3n) is 4.88. The monoisotopic (exact) mass is 405 g/mol. The van der Waals surface area contributed by atoms with Crippen molar-refractivity contribution in [3.63, 3.8) is 0 Å². The second kappa shape index (κ2) is 8.34. The van der Waals surface area contributed by atoms with Crippen molar-refractivity contribution in [2.24, 2.45) is 0 Å². The van der Waals surface area contributed by atoms with Crippen molar-refractivity contribution in [3.05, 3.63) is 52.8 Å². The van der Waals surface area contributed by atoms with Gasteiger partial charge in [-0.15, -0.1) is 0 Å². The summed E-state index contributed by atoms with van der Waals surface area (Å²) in [7, 11) is 0. The second-order valence-electron chi connectivity index (χ2n) is 6.91. The molecule has 2 heterocycles. The molecule has 2 aliphatic heterocycles. The predicted octanol–water partition coefficient (Wildman–Crippen LogP) is 2.96. The average Bonchev–Trinajstić information content (AvgIpc) is 3.13. The van der Waals surface area contributed by atoms with Gasteiger partial charge in [0.05, 0.1) is 12.2 Å². The molecule has 0 saturated carbocycles. The van der Waals surface area contributed by atoms with E-state index in [9.17, 15) is 9.18 Å². The fraction of sp³-hybridized carbons (Fsp3) is 0.350. The van der Waals surface area contributed by atoms with Gasteiger partial charge in [0.2, 0.25) is 12.7 Å². The van der Waals surface area contributed by atoms with Crippen LogP contribution in [0.3, 0.4) is 0 Å². The van der Waals surface area contributed by atoms with Gasteiger partial charge >= 0.3 is 0 Å². The molecule has 2 aliphatic rings. The van der Waals surface area contributed by atoms with Crippen molar-refractivity contribution in [2.75, 3.05) is 44.8 Å². The number of rotatable bonds is 5. The molecule has 2 aromatic rings. The molecule has 0 bridgehead atoms. The molecule has 28 heavy (non-hydrogen) atoms. The molecule has 1 fully saturated rings. The molecule has 8 heteroatoms. The maximum absolute atomic E-state index is 13.8. The van der Waals surface area contributed by atoms with E-state index < -0.39 is 5.82 Å². The summed E-state index contributed by atoms with van der Waals surface area (Å²) in [6, 6.07) is 10.2. The summed E-state index contributed by atoms with van der Waals surface area (Å²) >= 11 is 5.73. The Morgan fingerprint density at radius 1 is 1.04 bits per heavy atom. The van der Waals surface area contributed by atoms with Crippen LogP contribution < -0.4 is 14.8 Å². The van der Waals surface area contributed by atoms with E-state index in [2.05, 4.69) is 15.1 Å². The third-order valence-corrected chi connectivity index (χ3v) is 5.12. The summed E-state index contributed by atoms with van der Waals surface area (Å²) in [4.78, 5) is 16.6. The highest BCUT2D eigenvalue weighted by atomic mass is 35.5. The van der Waals surface area contributed by atoms with Crippen molar-refractivity contribution >= 4 is 23.2 Å². The van der Waals surface area contributed by atoms with Crippen molar-refractivity contribution < 1.29 is 18.7 Å². The minimum absolute atomic E-state index is 0.149. The molecule has 1 amide bonds. The number of fused-ring (bicyclic) bond motifs is 1. The number of hydrogen-bond donors (Lipinski definition) is 1. The maximum Gasteiger partial charge on any atom is 0.238 e. The van der Waals surface area contributed by atoms with E-state index in [0.717, 1.165) is 44.2 Å². The van der Waals surface area contributed by atoms with Crippen LogP contribution in [0, 0.1) is 5.82 Å². The van der Waals surface area contributed by atoms with E-state index in [1.54, 1.807) is 6.07 Å². The van der Waals surface area contributed by atoms with E-state index in [4.69, 9.17) is 21.1 Å². The molecular formula is C20H21ClFN3O3. The van der Waals surface area contributed by atoms with Gasteiger partial charge in [-0.1, -0.05) is 17.7 Å². The van der Waals surface area contributed by atoms with E-state index >= 15 is 0 Å². The minimum atomic E-state index is -0.533. The molecule has 148 valence electrons. The zero-order chi connectivity index (χ0) is 19.5. The standard InChI is InChI=1S/C20H21ClFN3O3/c21-15-2-3-17(16(22)10-15)23-20(26)12-25-7-5-24(6-8-25)11-14-1-4-18-19(9-14)28-13-27-18/h1-4,9-10H,5-8,11-13H2,(H,23,26). The molecule has 0 atom stereocenters. The van der Waals surface area contributed by atoms with E-state index in [-0.39, 0.29) is 24.9 Å². The molecule has 4 rings (SSSR count). The molecule has 0 aliphatic carbocycles. The Morgan fingerprint density at radius 3 is 2.57 bits per heavy atom. The number of halogens is 2. The van der Waals surface area contributed by atoms with Crippen LogP contribution in [-0.2, 0) is 11.3 Å². The van der Waals surface area contributed by atoms with Crippen LogP contribution in [-0.4, -0.2) is 55.2 Å². The van der Waals surface area contributed by atoms with Crippen LogP contribution in [0.25, 0.3) is 0 Å². The summed E-state index contributed by atoms with van der Waals surface area (Å²) in [6.07, 6.45) is 0. The van der Waals surface area contributed by atoms with Crippen molar-refractivity contribution in [1.29, 1.82) is 0 Å². The van der Waals surface area contributed by atoms with Crippen molar-refractivity contribution in [1.82, 2.24) is 9.80 Å². The zero-order valence-corrected chi connectivity index (χ0v) is 16.0. The lowest BCUT2D eigenvalue weighted by Crippen LogP contribution is -2.48.